The minimum atomic E-state index is -0.0968. The van der Waals surface area contributed by atoms with Gasteiger partial charge in [0, 0.05) is 67.2 Å². The maximum Gasteiger partial charge on any atom is 0.251 e. The van der Waals surface area contributed by atoms with Crippen LogP contribution in [0, 0.1) is 5.92 Å². The lowest BCUT2D eigenvalue weighted by molar-refractivity contribution is -0.112. The molecule has 9 heteroatoms. The number of carbonyl (C=O) groups excluding carboxylic acids is 1. The number of unbranched alkanes of at least 4 members (excludes halogenated alkanes) is 1. The Bertz CT molecular complexity index is 1780. The topological polar surface area (TPSA) is 89.9 Å². The van der Waals surface area contributed by atoms with Gasteiger partial charge in [0.2, 0.25) is 0 Å². The van der Waals surface area contributed by atoms with Crippen LogP contribution in [-0.4, -0.2) is 55.0 Å². The van der Waals surface area contributed by atoms with E-state index in [1.807, 2.05) is 61.8 Å². The molecule has 2 heterocycles. The van der Waals surface area contributed by atoms with Crippen LogP contribution in [0.5, 0.6) is 5.75 Å². The van der Waals surface area contributed by atoms with Crippen molar-refractivity contribution in [2.24, 2.45) is 5.92 Å². The highest BCUT2D eigenvalue weighted by molar-refractivity contribution is 6.07. The molecule has 1 aliphatic heterocycles. The predicted octanol–water partition coefficient (Wildman–Crippen LogP) is 9.08. The van der Waals surface area contributed by atoms with Crippen molar-refractivity contribution in [2.45, 2.75) is 66.8 Å². The molecule has 1 amide bonds. The van der Waals surface area contributed by atoms with Gasteiger partial charge < -0.3 is 24.3 Å². The first kappa shape index (κ1) is 38.4. The Morgan fingerprint density at radius 3 is 2.46 bits per heavy atom. The molecular formula is C43H55N5O4. The number of hydrogen-bond donors (Lipinski definition) is 2. The Kier molecular flexibility index (Phi) is 14.5. The number of nitrogens with one attached hydrogen (secondary N) is 2. The van der Waals surface area contributed by atoms with Crippen molar-refractivity contribution in [3.05, 3.63) is 102 Å². The van der Waals surface area contributed by atoms with Gasteiger partial charge >= 0.3 is 0 Å². The second kappa shape index (κ2) is 19.7. The zero-order chi connectivity index (χ0) is 36.7. The average Bonchev–Trinajstić information content (AvgIpc) is 3.51. The number of imidazole rings is 1. The predicted molar refractivity (Wildman–Crippen MR) is 213 cm³/mol. The first-order valence-electron chi connectivity index (χ1n) is 18.8. The summed E-state index contributed by atoms with van der Waals surface area (Å²) in [5.41, 5.74) is 10.6. The summed E-state index contributed by atoms with van der Waals surface area (Å²) in [5.74, 6) is 2.06. The van der Waals surface area contributed by atoms with Gasteiger partial charge in [0.05, 0.1) is 18.9 Å². The van der Waals surface area contributed by atoms with Crippen molar-refractivity contribution in [3.63, 3.8) is 0 Å². The minimum Gasteiger partial charge on any atom is -0.491 e. The molecule has 0 saturated carbocycles. The molecule has 4 aromatic rings. The van der Waals surface area contributed by atoms with E-state index in [1.165, 1.54) is 0 Å². The number of nitrogens with zero attached hydrogens (tertiary/aromatic N) is 3. The molecule has 3 aromatic carbocycles. The molecule has 0 saturated heterocycles. The van der Waals surface area contributed by atoms with Crippen LogP contribution in [0.1, 0.15) is 77.3 Å². The van der Waals surface area contributed by atoms with Crippen LogP contribution in [-0.2, 0) is 20.9 Å². The Hall–Kier alpha value is -4.86. The molecule has 52 heavy (non-hydrogen) atoms. The Morgan fingerprint density at radius 1 is 0.942 bits per heavy atom. The number of anilines is 2. The Labute approximate surface area is 309 Å². The van der Waals surface area contributed by atoms with E-state index in [1.54, 1.807) is 0 Å². The fourth-order valence-corrected chi connectivity index (χ4v) is 6.18. The van der Waals surface area contributed by atoms with Crippen molar-refractivity contribution in [1.82, 2.24) is 15.0 Å². The van der Waals surface area contributed by atoms with E-state index in [2.05, 4.69) is 89.4 Å². The van der Waals surface area contributed by atoms with Crippen molar-refractivity contribution in [1.29, 1.82) is 0 Å². The molecule has 0 fully saturated rings. The molecular weight excluding hydrogens is 651 g/mol. The van der Waals surface area contributed by atoms with Crippen molar-refractivity contribution in [3.8, 4) is 16.9 Å². The third kappa shape index (κ3) is 10.8. The SMILES string of the molecule is CCCCOCCOc1ccc(-c2ccc3c(c2)C=C(C(=O)Nc2ccc(C(=Cc4nccn4CCC)NOCC)cc2)CCN3CC(C)C)cc1. The van der Waals surface area contributed by atoms with Crippen LogP contribution >= 0.6 is 0 Å². The molecule has 0 unspecified atom stereocenters. The molecule has 5 rings (SSSR count). The fourth-order valence-electron chi connectivity index (χ4n) is 6.18. The standard InChI is InChI=1S/C43H55N5O4/c1-6-9-25-50-26-27-51-39-17-12-33(13-18-39)35-14-19-41-37(28-35)29-36(20-23-48(41)31-32(4)5)43(49)45-38-15-10-34(11-16-38)40(46-52-8-3)30-42-44-21-24-47(42)22-7-2/h10-19,21,24,28-30,32,46H,6-9,20,22-23,25-27,31H2,1-5H3,(H,45,49). The molecule has 1 aromatic heterocycles. The molecule has 0 atom stereocenters. The summed E-state index contributed by atoms with van der Waals surface area (Å²) in [6.07, 6.45) is 11.7. The number of amides is 1. The van der Waals surface area contributed by atoms with E-state index >= 15 is 0 Å². The maximum absolute atomic E-state index is 13.8. The first-order valence-corrected chi connectivity index (χ1v) is 18.8. The minimum absolute atomic E-state index is 0.0968. The average molecular weight is 706 g/mol. The number of rotatable bonds is 19. The van der Waals surface area contributed by atoms with Crippen molar-refractivity contribution < 1.29 is 19.1 Å². The molecule has 1 aliphatic rings. The smallest absolute Gasteiger partial charge is 0.251 e. The lowest BCUT2D eigenvalue weighted by Crippen LogP contribution is -2.29. The number of aromatic nitrogens is 2. The van der Waals surface area contributed by atoms with E-state index in [-0.39, 0.29) is 5.91 Å². The lowest BCUT2D eigenvalue weighted by atomic mass is 10.00. The van der Waals surface area contributed by atoms with Crippen LogP contribution in [0.3, 0.4) is 0 Å². The second-order valence-corrected chi connectivity index (χ2v) is 13.5. The molecule has 0 spiro atoms. The number of fused-ring (bicyclic) bond motifs is 1. The second-order valence-electron chi connectivity index (χ2n) is 13.5. The molecule has 0 bridgehead atoms. The molecule has 9 nitrogen and oxygen atoms in total. The monoisotopic (exact) mass is 705 g/mol. The molecule has 276 valence electrons. The summed E-state index contributed by atoms with van der Waals surface area (Å²) in [5, 5.41) is 3.15. The maximum atomic E-state index is 13.8. The number of aryl methyl sites for hydroxylation is 1. The van der Waals surface area contributed by atoms with E-state index in [0.717, 1.165) is 102 Å². The largest absolute Gasteiger partial charge is 0.491 e. The third-order valence-electron chi connectivity index (χ3n) is 8.82. The summed E-state index contributed by atoms with van der Waals surface area (Å²) in [6, 6.07) is 22.5. The summed E-state index contributed by atoms with van der Waals surface area (Å²) in [6.45, 7) is 15.7. The normalized spacial score (nSPS) is 13.1. The van der Waals surface area contributed by atoms with Crippen LogP contribution < -0.4 is 20.4 Å². The quantitative estimate of drug-likeness (QED) is 0.0743. The summed E-state index contributed by atoms with van der Waals surface area (Å²) >= 11 is 0. The number of hydroxylamine groups is 1. The van der Waals surface area contributed by atoms with Crippen LogP contribution in [0.15, 0.2) is 84.7 Å². The number of carbonyl (C=O) groups is 1. The van der Waals surface area contributed by atoms with Gasteiger partial charge in [-0.05, 0) is 91.3 Å². The first-order chi connectivity index (χ1) is 25.4. The number of ether oxygens (including phenoxy) is 2. The van der Waals surface area contributed by atoms with Gasteiger partial charge in [0.15, 0.2) is 0 Å². The highest BCUT2D eigenvalue weighted by Gasteiger charge is 2.21. The van der Waals surface area contributed by atoms with Crippen LogP contribution in [0.2, 0.25) is 0 Å². The van der Waals surface area contributed by atoms with Crippen LogP contribution in [0.4, 0.5) is 11.4 Å². The summed E-state index contributed by atoms with van der Waals surface area (Å²) in [4.78, 5) is 26.3. The summed E-state index contributed by atoms with van der Waals surface area (Å²) in [7, 11) is 0. The molecule has 2 N–H and O–H groups in total. The van der Waals surface area contributed by atoms with E-state index in [9.17, 15) is 4.79 Å². The van der Waals surface area contributed by atoms with Gasteiger partial charge in [-0.1, -0.05) is 64.4 Å². The van der Waals surface area contributed by atoms with E-state index < -0.39 is 0 Å². The Morgan fingerprint density at radius 2 is 1.73 bits per heavy atom. The van der Waals surface area contributed by atoms with Gasteiger partial charge in [-0.3, -0.25) is 15.1 Å². The zero-order valence-electron chi connectivity index (χ0n) is 31.5. The number of benzene rings is 3. The lowest BCUT2D eigenvalue weighted by Gasteiger charge is -2.27. The Balaban J connectivity index is 1.32. The van der Waals surface area contributed by atoms with Gasteiger partial charge in [-0.25, -0.2) is 4.98 Å². The van der Waals surface area contributed by atoms with E-state index in [4.69, 9.17) is 14.3 Å². The van der Waals surface area contributed by atoms with Gasteiger partial charge in [-0.15, -0.1) is 0 Å². The highest BCUT2D eigenvalue weighted by Crippen LogP contribution is 2.34. The van der Waals surface area contributed by atoms with Crippen LogP contribution in [0.25, 0.3) is 29.0 Å². The third-order valence-corrected chi connectivity index (χ3v) is 8.82. The van der Waals surface area contributed by atoms with Gasteiger partial charge in [-0.2, -0.15) is 0 Å². The van der Waals surface area contributed by atoms with Gasteiger partial charge in [0.25, 0.3) is 5.91 Å². The number of hydrogen-bond acceptors (Lipinski definition) is 7. The van der Waals surface area contributed by atoms with Crippen molar-refractivity contribution >= 4 is 35.1 Å². The van der Waals surface area contributed by atoms with E-state index in [0.29, 0.717) is 32.2 Å². The van der Waals surface area contributed by atoms with Crippen molar-refractivity contribution in [2.75, 3.05) is 49.7 Å². The fraction of sp³-hybridized carbons (Fsp3) is 0.395. The summed E-state index contributed by atoms with van der Waals surface area (Å²) < 4.78 is 13.6. The zero-order valence-corrected chi connectivity index (χ0v) is 31.5. The molecule has 0 radical (unpaired) electrons. The molecule has 0 aliphatic carbocycles. The highest BCUT2D eigenvalue weighted by atomic mass is 16.6. The van der Waals surface area contributed by atoms with Gasteiger partial charge in [0.1, 0.15) is 18.2 Å².